The van der Waals surface area contributed by atoms with E-state index in [0.29, 0.717) is 24.6 Å². The molecular formula is C18H21N5O2. The van der Waals surface area contributed by atoms with Gasteiger partial charge in [-0.3, -0.25) is 9.89 Å². The number of piperidine rings is 1. The van der Waals surface area contributed by atoms with Gasteiger partial charge < -0.3 is 14.6 Å². The molecule has 3 heterocycles. The molecule has 3 aromatic rings. The Balaban J connectivity index is 1.45. The first kappa shape index (κ1) is 15.8. The summed E-state index contributed by atoms with van der Waals surface area (Å²) < 4.78 is 1.85. The van der Waals surface area contributed by atoms with Crippen LogP contribution in [-0.4, -0.2) is 48.8 Å². The lowest BCUT2D eigenvalue weighted by Crippen LogP contribution is -2.40. The minimum Gasteiger partial charge on any atom is -0.385 e. The van der Waals surface area contributed by atoms with E-state index in [1.165, 1.54) is 0 Å². The minimum absolute atomic E-state index is 0.0534. The molecule has 1 aliphatic rings. The molecule has 130 valence electrons. The number of imidazole rings is 1. The number of benzene rings is 1. The third kappa shape index (κ3) is 2.80. The summed E-state index contributed by atoms with van der Waals surface area (Å²) in [6, 6.07) is 7.64. The Kier molecular flexibility index (Phi) is 4.01. The molecule has 2 aromatic heterocycles. The maximum Gasteiger partial charge on any atom is 0.274 e. The van der Waals surface area contributed by atoms with Crippen LogP contribution in [0.5, 0.6) is 0 Å². The maximum atomic E-state index is 12.8. The normalized spacial score (nSPS) is 17.1. The summed E-state index contributed by atoms with van der Waals surface area (Å²) in [5.74, 6) is 0.742. The van der Waals surface area contributed by atoms with Gasteiger partial charge in [0.1, 0.15) is 11.9 Å². The summed E-state index contributed by atoms with van der Waals surface area (Å²) in [4.78, 5) is 18.9. The molecule has 1 atom stereocenters. The highest BCUT2D eigenvalue weighted by Gasteiger charge is 2.31. The summed E-state index contributed by atoms with van der Waals surface area (Å²) in [5.41, 5.74) is 1.34. The Morgan fingerprint density at radius 2 is 2.08 bits per heavy atom. The van der Waals surface area contributed by atoms with E-state index in [-0.39, 0.29) is 11.8 Å². The van der Waals surface area contributed by atoms with Crippen LogP contribution < -0.4 is 0 Å². The molecule has 1 fully saturated rings. The van der Waals surface area contributed by atoms with Gasteiger partial charge in [0.2, 0.25) is 0 Å². The van der Waals surface area contributed by atoms with Gasteiger partial charge in [0.05, 0.1) is 5.52 Å². The monoisotopic (exact) mass is 339 g/mol. The van der Waals surface area contributed by atoms with Crippen LogP contribution in [0.3, 0.4) is 0 Å². The molecule has 0 radical (unpaired) electrons. The van der Waals surface area contributed by atoms with E-state index < -0.39 is 6.10 Å². The average Bonchev–Trinajstić information content (AvgIpc) is 3.27. The number of aromatic amines is 1. The van der Waals surface area contributed by atoms with Crippen molar-refractivity contribution in [1.29, 1.82) is 0 Å². The van der Waals surface area contributed by atoms with E-state index >= 15 is 0 Å². The third-order valence-electron chi connectivity index (χ3n) is 5.07. The lowest BCUT2D eigenvalue weighted by Gasteiger charge is -2.33. The zero-order valence-electron chi connectivity index (χ0n) is 14.1. The van der Waals surface area contributed by atoms with E-state index in [4.69, 9.17) is 0 Å². The first-order valence-electron chi connectivity index (χ1n) is 8.53. The summed E-state index contributed by atoms with van der Waals surface area (Å²) in [7, 11) is 1.88. The van der Waals surface area contributed by atoms with Gasteiger partial charge in [0, 0.05) is 37.9 Å². The number of aliphatic hydroxyl groups is 1. The predicted molar refractivity (Wildman–Crippen MR) is 92.9 cm³/mol. The molecule has 25 heavy (non-hydrogen) atoms. The molecule has 2 N–H and O–H groups in total. The molecule has 1 aliphatic heterocycles. The zero-order valence-corrected chi connectivity index (χ0v) is 14.1. The Bertz CT molecular complexity index is 892. The van der Waals surface area contributed by atoms with Crippen LogP contribution in [0.25, 0.3) is 10.9 Å². The summed E-state index contributed by atoms with van der Waals surface area (Å²) in [6.07, 6.45) is 4.44. The van der Waals surface area contributed by atoms with E-state index in [0.717, 1.165) is 23.7 Å². The van der Waals surface area contributed by atoms with Gasteiger partial charge in [0.15, 0.2) is 5.69 Å². The Labute approximate surface area is 145 Å². The van der Waals surface area contributed by atoms with Crippen LogP contribution in [0, 0.1) is 5.92 Å². The second-order valence-corrected chi connectivity index (χ2v) is 6.59. The predicted octanol–water partition coefficient (Wildman–Crippen LogP) is 1.88. The molecule has 1 aromatic carbocycles. The SMILES string of the molecule is Cn1ccnc1C(O)C1CCN(C(=O)c2n[nH]c3ccccc23)CC1. The number of nitrogens with one attached hydrogen (secondary N) is 1. The van der Waals surface area contributed by atoms with Gasteiger partial charge in [-0.05, 0) is 24.8 Å². The molecule has 0 aliphatic carbocycles. The number of fused-ring (bicyclic) bond motifs is 1. The highest BCUT2D eigenvalue weighted by Crippen LogP contribution is 2.30. The van der Waals surface area contributed by atoms with Crippen molar-refractivity contribution in [3.8, 4) is 0 Å². The number of para-hydroxylation sites is 1. The largest absolute Gasteiger partial charge is 0.385 e. The van der Waals surface area contributed by atoms with Crippen LogP contribution in [0.4, 0.5) is 0 Å². The lowest BCUT2D eigenvalue weighted by molar-refractivity contribution is 0.0418. The second-order valence-electron chi connectivity index (χ2n) is 6.59. The minimum atomic E-state index is -0.594. The second kappa shape index (κ2) is 6.33. The number of H-pyrrole nitrogens is 1. The number of amides is 1. The maximum absolute atomic E-state index is 12.8. The van der Waals surface area contributed by atoms with E-state index in [2.05, 4.69) is 15.2 Å². The third-order valence-corrected chi connectivity index (χ3v) is 5.07. The number of aliphatic hydroxyl groups excluding tert-OH is 1. The number of carbonyl (C=O) groups excluding carboxylic acids is 1. The number of hydrogen-bond donors (Lipinski definition) is 2. The Morgan fingerprint density at radius 3 is 2.80 bits per heavy atom. The number of aromatic nitrogens is 4. The summed E-state index contributed by atoms with van der Waals surface area (Å²) >= 11 is 0. The molecular weight excluding hydrogens is 318 g/mol. The molecule has 4 rings (SSSR count). The fourth-order valence-corrected chi connectivity index (χ4v) is 3.57. The quantitative estimate of drug-likeness (QED) is 0.763. The van der Waals surface area contributed by atoms with Crippen molar-refractivity contribution in [2.75, 3.05) is 13.1 Å². The summed E-state index contributed by atoms with van der Waals surface area (Å²) in [5, 5.41) is 18.5. The molecule has 0 spiro atoms. The number of nitrogens with zero attached hydrogens (tertiary/aromatic N) is 4. The van der Waals surface area contributed by atoms with Crippen molar-refractivity contribution in [2.24, 2.45) is 13.0 Å². The number of aryl methyl sites for hydroxylation is 1. The Morgan fingerprint density at radius 1 is 1.32 bits per heavy atom. The van der Waals surface area contributed by atoms with Crippen LogP contribution in [0.1, 0.15) is 35.3 Å². The number of hydrogen-bond acceptors (Lipinski definition) is 4. The smallest absolute Gasteiger partial charge is 0.274 e. The fraction of sp³-hybridized carbons (Fsp3) is 0.389. The van der Waals surface area contributed by atoms with Crippen LogP contribution >= 0.6 is 0 Å². The van der Waals surface area contributed by atoms with E-state index in [1.54, 1.807) is 6.20 Å². The zero-order chi connectivity index (χ0) is 17.4. The van der Waals surface area contributed by atoms with Crippen molar-refractivity contribution >= 4 is 16.8 Å². The highest BCUT2D eigenvalue weighted by atomic mass is 16.3. The topological polar surface area (TPSA) is 87.0 Å². The molecule has 1 unspecified atom stereocenters. The average molecular weight is 339 g/mol. The molecule has 7 nitrogen and oxygen atoms in total. The van der Waals surface area contributed by atoms with Crippen molar-refractivity contribution in [3.05, 3.63) is 48.2 Å². The molecule has 0 saturated carbocycles. The molecule has 1 saturated heterocycles. The fourth-order valence-electron chi connectivity index (χ4n) is 3.57. The lowest BCUT2D eigenvalue weighted by atomic mass is 9.90. The van der Waals surface area contributed by atoms with Gasteiger partial charge in [-0.1, -0.05) is 18.2 Å². The van der Waals surface area contributed by atoms with Gasteiger partial charge in [0.25, 0.3) is 5.91 Å². The Hall–Kier alpha value is -2.67. The standard InChI is InChI=1S/C18H21N5O2/c1-22-11-8-19-17(22)16(24)12-6-9-23(10-7-12)18(25)15-13-4-2-3-5-14(13)20-21-15/h2-5,8,11-12,16,24H,6-7,9-10H2,1H3,(H,20,21). The molecule has 1 amide bonds. The van der Waals surface area contributed by atoms with Gasteiger partial charge in [-0.15, -0.1) is 0 Å². The van der Waals surface area contributed by atoms with E-state index in [9.17, 15) is 9.90 Å². The highest BCUT2D eigenvalue weighted by molar-refractivity contribution is 6.04. The van der Waals surface area contributed by atoms with Crippen molar-refractivity contribution in [2.45, 2.75) is 18.9 Å². The van der Waals surface area contributed by atoms with Gasteiger partial charge >= 0.3 is 0 Å². The van der Waals surface area contributed by atoms with Crippen molar-refractivity contribution in [1.82, 2.24) is 24.6 Å². The van der Waals surface area contributed by atoms with Crippen molar-refractivity contribution in [3.63, 3.8) is 0 Å². The van der Waals surface area contributed by atoms with Crippen LogP contribution in [-0.2, 0) is 7.05 Å². The van der Waals surface area contributed by atoms with Gasteiger partial charge in [-0.2, -0.15) is 5.10 Å². The first-order chi connectivity index (χ1) is 12.1. The van der Waals surface area contributed by atoms with Crippen LogP contribution in [0.2, 0.25) is 0 Å². The molecule has 0 bridgehead atoms. The van der Waals surface area contributed by atoms with Gasteiger partial charge in [-0.25, -0.2) is 4.98 Å². The van der Waals surface area contributed by atoms with E-state index in [1.807, 2.05) is 47.0 Å². The molecule has 7 heteroatoms. The van der Waals surface area contributed by atoms with Crippen LogP contribution in [0.15, 0.2) is 36.7 Å². The summed E-state index contributed by atoms with van der Waals surface area (Å²) in [6.45, 7) is 1.23. The first-order valence-corrected chi connectivity index (χ1v) is 8.53. The number of likely N-dealkylation sites (tertiary alicyclic amines) is 1. The number of rotatable bonds is 3. The number of carbonyl (C=O) groups is 1. The van der Waals surface area contributed by atoms with Crippen molar-refractivity contribution < 1.29 is 9.90 Å².